The first-order valence-corrected chi connectivity index (χ1v) is 15.0. The molecule has 2 heterocycles. The molecule has 39 heavy (non-hydrogen) atoms. The third-order valence-corrected chi connectivity index (χ3v) is 9.48. The maximum absolute atomic E-state index is 13.5. The standard InChI is InChI=1S/C32H40N4O3/c1-22-34-27-12-8-11-26(30(27)31(39)35(22)36-28(37)13-9-14-29(36)38)10-6-4-2-3-5-7-15-33-32-19-23-16-24(20-32)18-25(17-23)21-32/h8,11-12,23-25,33H,2-5,7,9,13-21H2,1H3. The van der Waals surface area contributed by atoms with E-state index in [0.717, 1.165) is 53.2 Å². The van der Waals surface area contributed by atoms with Gasteiger partial charge in [-0.15, -0.1) is 0 Å². The number of carbonyl (C=O) groups is 2. The zero-order valence-electron chi connectivity index (χ0n) is 23.1. The van der Waals surface area contributed by atoms with Gasteiger partial charge in [-0.05, 0) is 101 Å². The maximum atomic E-state index is 13.5. The molecule has 7 rings (SSSR count). The van der Waals surface area contributed by atoms with Crippen molar-refractivity contribution in [3.63, 3.8) is 0 Å². The summed E-state index contributed by atoms with van der Waals surface area (Å²) < 4.78 is 1.13. The van der Waals surface area contributed by atoms with Gasteiger partial charge >= 0.3 is 0 Å². The van der Waals surface area contributed by atoms with Crippen molar-refractivity contribution >= 4 is 22.7 Å². The Hall–Kier alpha value is -2.98. The Morgan fingerprint density at radius 1 is 0.949 bits per heavy atom. The first kappa shape index (κ1) is 26.3. The predicted molar refractivity (Wildman–Crippen MR) is 152 cm³/mol. The van der Waals surface area contributed by atoms with Gasteiger partial charge in [-0.1, -0.05) is 30.7 Å². The van der Waals surface area contributed by atoms with Crippen LogP contribution in [0.2, 0.25) is 0 Å². The largest absolute Gasteiger partial charge is 0.311 e. The number of benzene rings is 1. The van der Waals surface area contributed by atoms with Gasteiger partial charge in [-0.2, -0.15) is 9.69 Å². The first-order chi connectivity index (χ1) is 18.9. The van der Waals surface area contributed by atoms with Gasteiger partial charge in [-0.3, -0.25) is 14.4 Å². The smallest absolute Gasteiger partial charge is 0.282 e. The highest BCUT2D eigenvalue weighted by Gasteiger charge is 2.50. The molecule has 5 aliphatic rings. The lowest BCUT2D eigenvalue weighted by atomic mass is 9.53. The molecule has 0 spiro atoms. The molecular formula is C32H40N4O3. The van der Waals surface area contributed by atoms with Crippen LogP contribution in [0.1, 0.15) is 101 Å². The Balaban J connectivity index is 1.03. The van der Waals surface area contributed by atoms with E-state index >= 15 is 0 Å². The van der Waals surface area contributed by atoms with Gasteiger partial charge in [0.2, 0.25) is 11.8 Å². The fraction of sp³-hybridized carbons (Fsp3) is 0.625. The molecule has 7 nitrogen and oxygen atoms in total. The van der Waals surface area contributed by atoms with Gasteiger partial charge in [0.05, 0.1) is 10.9 Å². The second-order valence-electron chi connectivity index (χ2n) is 12.5. The molecule has 1 aliphatic heterocycles. The number of nitrogens with one attached hydrogen (secondary N) is 1. The summed E-state index contributed by atoms with van der Waals surface area (Å²) in [4.78, 5) is 43.0. The number of fused-ring (bicyclic) bond motifs is 1. The van der Waals surface area contributed by atoms with Crippen molar-refractivity contribution in [2.45, 2.75) is 102 Å². The van der Waals surface area contributed by atoms with Gasteiger partial charge in [0.25, 0.3) is 5.56 Å². The van der Waals surface area contributed by atoms with Gasteiger partial charge in [0.15, 0.2) is 0 Å². The van der Waals surface area contributed by atoms with Crippen LogP contribution in [0.3, 0.4) is 0 Å². The fourth-order valence-electron chi connectivity index (χ4n) is 8.17. The minimum Gasteiger partial charge on any atom is -0.311 e. The molecule has 1 N–H and O–H groups in total. The van der Waals surface area contributed by atoms with Gasteiger partial charge in [-0.25, -0.2) is 4.98 Å². The number of aromatic nitrogens is 2. The van der Waals surface area contributed by atoms with Crippen molar-refractivity contribution < 1.29 is 9.59 Å². The maximum Gasteiger partial charge on any atom is 0.282 e. The van der Waals surface area contributed by atoms with Crippen molar-refractivity contribution in [2.24, 2.45) is 17.8 Å². The van der Waals surface area contributed by atoms with Crippen LogP contribution >= 0.6 is 0 Å². The van der Waals surface area contributed by atoms with E-state index in [0.29, 0.717) is 34.3 Å². The molecule has 0 unspecified atom stereocenters. The molecule has 1 saturated heterocycles. The summed E-state index contributed by atoms with van der Waals surface area (Å²) in [6, 6.07) is 5.43. The average molecular weight is 529 g/mol. The molecule has 4 aliphatic carbocycles. The molecule has 4 saturated carbocycles. The lowest BCUT2D eigenvalue weighted by Crippen LogP contribution is -2.58. The summed E-state index contributed by atoms with van der Waals surface area (Å²) in [6.45, 7) is 2.78. The third-order valence-electron chi connectivity index (χ3n) is 9.48. The minimum atomic E-state index is -0.419. The number of amides is 2. The molecule has 1 aromatic heterocycles. The number of aryl methyl sites for hydroxylation is 1. The Kier molecular flexibility index (Phi) is 7.33. The topological polar surface area (TPSA) is 84.3 Å². The summed E-state index contributed by atoms with van der Waals surface area (Å²) in [5, 5.41) is 5.33. The Labute approximate surface area is 230 Å². The Morgan fingerprint density at radius 3 is 2.31 bits per heavy atom. The highest BCUT2D eigenvalue weighted by Crippen LogP contribution is 2.55. The summed E-state index contributed by atoms with van der Waals surface area (Å²) in [7, 11) is 0. The number of piperidine rings is 1. The van der Waals surface area contributed by atoms with E-state index in [4.69, 9.17) is 0 Å². The van der Waals surface area contributed by atoms with Crippen LogP contribution in [0.4, 0.5) is 0 Å². The Morgan fingerprint density at radius 2 is 1.62 bits per heavy atom. The second-order valence-corrected chi connectivity index (χ2v) is 12.5. The molecule has 7 heteroatoms. The quantitative estimate of drug-likeness (QED) is 0.304. The van der Waals surface area contributed by atoms with E-state index in [1.54, 1.807) is 13.0 Å². The van der Waals surface area contributed by atoms with Crippen LogP contribution in [-0.4, -0.2) is 33.6 Å². The monoisotopic (exact) mass is 528 g/mol. The summed E-state index contributed by atoms with van der Waals surface area (Å²) >= 11 is 0. The van der Waals surface area contributed by atoms with Crippen LogP contribution in [0.25, 0.3) is 10.9 Å². The SMILES string of the molecule is Cc1nc2cccc(C#CCCCCCCNC34CC5CC(CC(C5)C3)C4)c2c(=O)n1N1C(=O)CCCC1=O. The van der Waals surface area contributed by atoms with Crippen molar-refractivity contribution in [1.82, 2.24) is 15.0 Å². The molecule has 0 radical (unpaired) electrons. The number of unbranched alkanes of at least 4 members (excludes halogenated alkanes) is 4. The number of imide groups is 1. The van der Waals surface area contributed by atoms with Gasteiger partial charge < -0.3 is 5.32 Å². The molecule has 2 amide bonds. The van der Waals surface area contributed by atoms with Crippen LogP contribution < -0.4 is 15.9 Å². The summed E-state index contributed by atoms with van der Waals surface area (Å²) in [6.07, 6.45) is 15.1. The lowest BCUT2D eigenvalue weighted by Gasteiger charge is -2.57. The molecule has 1 aromatic carbocycles. The third kappa shape index (κ3) is 5.28. The van der Waals surface area contributed by atoms with E-state index < -0.39 is 5.56 Å². The molecule has 0 atom stereocenters. The zero-order valence-corrected chi connectivity index (χ0v) is 23.1. The van der Waals surface area contributed by atoms with Crippen molar-refractivity contribution in [1.29, 1.82) is 0 Å². The summed E-state index contributed by atoms with van der Waals surface area (Å²) in [5.74, 6) is 8.96. The van der Waals surface area contributed by atoms with E-state index in [1.807, 2.05) is 12.1 Å². The number of hydrogen-bond acceptors (Lipinski definition) is 5. The van der Waals surface area contributed by atoms with E-state index in [-0.39, 0.29) is 24.7 Å². The first-order valence-electron chi connectivity index (χ1n) is 15.0. The van der Waals surface area contributed by atoms with Crippen LogP contribution in [0.5, 0.6) is 0 Å². The molecule has 5 fully saturated rings. The molecule has 2 aromatic rings. The number of hydrogen-bond donors (Lipinski definition) is 1. The molecular weight excluding hydrogens is 488 g/mol. The number of carbonyl (C=O) groups excluding carboxylic acids is 2. The van der Waals surface area contributed by atoms with Gasteiger partial charge in [0.1, 0.15) is 5.82 Å². The van der Waals surface area contributed by atoms with Crippen molar-refractivity contribution in [3.05, 3.63) is 39.9 Å². The minimum absolute atomic E-state index is 0.245. The van der Waals surface area contributed by atoms with Crippen molar-refractivity contribution in [3.8, 4) is 11.8 Å². The van der Waals surface area contributed by atoms with E-state index in [2.05, 4.69) is 22.1 Å². The van der Waals surface area contributed by atoms with Crippen LogP contribution in [0.15, 0.2) is 23.0 Å². The molecule has 4 bridgehead atoms. The number of rotatable bonds is 8. The zero-order chi connectivity index (χ0) is 27.0. The normalized spacial score (nSPS) is 27.7. The predicted octanol–water partition coefficient (Wildman–Crippen LogP) is 4.74. The van der Waals surface area contributed by atoms with Crippen LogP contribution in [0, 0.1) is 36.5 Å². The molecule has 206 valence electrons. The lowest BCUT2D eigenvalue weighted by molar-refractivity contribution is -0.131. The highest BCUT2D eigenvalue weighted by molar-refractivity contribution is 6.10. The van der Waals surface area contributed by atoms with Crippen LogP contribution in [-0.2, 0) is 9.59 Å². The second kappa shape index (κ2) is 10.9. The Bertz CT molecular complexity index is 1350. The highest BCUT2D eigenvalue weighted by atomic mass is 16.2. The number of nitrogens with zero attached hydrogens (tertiary/aromatic N) is 3. The summed E-state index contributed by atoms with van der Waals surface area (Å²) in [5.41, 5.74) is 1.16. The van der Waals surface area contributed by atoms with E-state index in [9.17, 15) is 14.4 Å². The van der Waals surface area contributed by atoms with E-state index in [1.165, 1.54) is 51.4 Å². The fourth-order valence-corrected chi connectivity index (χ4v) is 8.17. The van der Waals surface area contributed by atoms with Crippen molar-refractivity contribution in [2.75, 3.05) is 11.6 Å². The van der Waals surface area contributed by atoms with Gasteiger partial charge in [0, 0.05) is 30.4 Å². The average Bonchev–Trinajstić information content (AvgIpc) is 2.88.